The van der Waals surface area contributed by atoms with Crippen molar-refractivity contribution in [2.45, 2.75) is 265 Å². The molecule has 0 bridgehead atoms. The number of hydrogen-bond donors (Lipinski definition) is 17. The molecule has 34 atom stereocenters. The van der Waals surface area contributed by atoms with E-state index < -0.39 is 245 Å². The second-order valence-electron chi connectivity index (χ2n) is 30.4. The second-order valence-corrected chi connectivity index (χ2v) is 30.4. The van der Waals surface area contributed by atoms with Crippen molar-refractivity contribution in [2.24, 2.45) is 50.2 Å². The number of carbonyl (C=O) groups excluding carboxylic acids is 1. The van der Waals surface area contributed by atoms with Crippen molar-refractivity contribution >= 4 is 5.97 Å². The molecule has 30 heteroatoms. The van der Waals surface area contributed by atoms with Gasteiger partial charge in [0.15, 0.2) is 37.6 Å². The highest BCUT2D eigenvalue weighted by Gasteiger charge is 2.72. The number of aliphatic hydroxyl groups is 17. The molecule has 0 aromatic rings. The SMILES string of the molecule is C[C@@H]1O[C@@H](O[C@H]2[C@H](OC(=O)[C@]34CCC(C)(C)CC3C3=CCC5[C@@]6(C)C[C@H](O)[C@H](O[C@@H]7O[C@H](CO)[C@@H](O)[C@H](O)[C@H]7O)[C@@](C)(CO)C6CC[C@@]5(C)[C@]3(C)CC4)OC[C@H](O)[C@@H]2O)[C@H](O)[C@H](O[C@@H]2OC[C@](O)(CO)[C@H]2O)[C@H]1O[C@@H]1OC[C@@H](O)[C@H](O[C@@H]2OC[C@](O)(CO)[C@H]2O)[C@H]1O. The van der Waals surface area contributed by atoms with Gasteiger partial charge in [-0.25, -0.2) is 0 Å². The number of hydrogen-bond acceptors (Lipinski definition) is 30. The van der Waals surface area contributed by atoms with Crippen LogP contribution in [-0.2, 0) is 61.6 Å². The Balaban J connectivity index is 0.831. The third-order valence-electron chi connectivity index (χ3n) is 24.4. The summed E-state index contributed by atoms with van der Waals surface area (Å²) in [6, 6.07) is 0. The molecule has 10 fully saturated rings. The summed E-state index contributed by atoms with van der Waals surface area (Å²) in [6.45, 7) is 9.14. The third kappa shape index (κ3) is 11.7. The molecule has 17 N–H and O–H groups in total. The number of allylic oxidation sites excluding steroid dienone is 2. The summed E-state index contributed by atoms with van der Waals surface area (Å²) >= 11 is 0. The molecule has 528 valence electrons. The highest BCUT2D eigenvalue weighted by atomic mass is 16.8. The van der Waals surface area contributed by atoms with Gasteiger partial charge in [-0.15, -0.1) is 0 Å². The van der Waals surface area contributed by atoms with Gasteiger partial charge in [0.25, 0.3) is 0 Å². The van der Waals surface area contributed by atoms with Gasteiger partial charge in [0.1, 0.15) is 96.7 Å². The van der Waals surface area contributed by atoms with Gasteiger partial charge in [-0.2, -0.15) is 0 Å². The van der Waals surface area contributed by atoms with E-state index in [0.29, 0.717) is 51.4 Å². The van der Waals surface area contributed by atoms with Gasteiger partial charge in [-0.3, -0.25) is 4.79 Å². The van der Waals surface area contributed by atoms with Crippen LogP contribution in [0, 0.1) is 50.2 Å². The fourth-order valence-corrected chi connectivity index (χ4v) is 18.5. The molecule has 0 amide bonds. The molecule has 5 aliphatic carbocycles. The first-order chi connectivity index (χ1) is 43.1. The molecular weight excluding hydrogens is 1220 g/mol. The summed E-state index contributed by atoms with van der Waals surface area (Å²) in [5.41, 5.74) is -7.24. The third-order valence-corrected chi connectivity index (χ3v) is 24.4. The van der Waals surface area contributed by atoms with Crippen molar-refractivity contribution in [3.05, 3.63) is 11.6 Å². The highest BCUT2D eigenvalue weighted by molar-refractivity contribution is 5.79. The Morgan fingerprint density at radius 1 is 0.543 bits per heavy atom. The Kier molecular flexibility index (Phi) is 20.2. The van der Waals surface area contributed by atoms with Crippen molar-refractivity contribution in [1.29, 1.82) is 0 Å². The van der Waals surface area contributed by atoms with E-state index in [0.717, 1.165) is 5.57 Å². The minimum absolute atomic E-state index is 0.0561. The van der Waals surface area contributed by atoms with Gasteiger partial charge in [-0.1, -0.05) is 53.2 Å². The van der Waals surface area contributed by atoms with Gasteiger partial charge in [0.05, 0.1) is 76.6 Å². The topological polar surface area (TPSA) is 472 Å². The van der Waals surface area contributed by atoms with Crippen LogP contribution in [0.3, 0.4) is 0 Å². The predicted octanol–water partition coefficient (Wildman–Crippen LogP) is -4.86. The van der Waals surface area contributed by atoms with E-state index in [1.165, 1.54) is 6.92 Å². The Labute approximate surface area is 532 Å². The van der Waals surface area contributed by atoms with Gasteiger partial charge < -0.3 is 144 Å². The number of esters is 1. The largest absolute Gasteiger partial charge is 0.432 e. The monoisotopic (exact) mass is 1320 g/mol. The summed E-state index contributed by atoms with van der Waals surface area (Å²) < 4.78 is 71.8. The number of ether oxygens (including phenoxy) is 12. The molecule has 11 rings (SSSR count). The predicted molar refractivity (Wildman–Crippen MR) is 305 cm³/mol. The van der Waals surface area contributed by atoms with Crippen molar-refractivity contribution < 1.29 is 148 Å². The highest BCUT2D eigenvalue weighted by Crippen LogP contribution is 2.76. The maximum Gasteiger partial charge on any atom is 0.315 e. The van der Waals surface area contributed by atoms with E-state index in [1.807, 2.05) is 6.92 Å². The molecule has 4 saturated carbocycles. The number of carbonyl (C=O) groups is 1. The molecule has 0 aromatic heterocycles. The van der Waals surface area contributed by atoms with Crippen LogP contribution in [0.1, 0.15) is 106 Å². The van der Waals surface area contributed by atoms with Crippen LogP contribution < -0.4 is 0 Å². The van der Waals surface area contributed by atoms with E-state index in [4.69, 9.17) is 56.8 Å². The molecule has 30 nitrogen and oxygen atoms in total. The molecule has 0 radical (unpaired) electrons. The molecule has 92 heavy (non-hydrogen) atoms. The van der Waals surface area contributed by atoms with Gasteiger partial charge in [-0.05, 0) is 104 Å². The first-order valence-electron chi connectivity index (χ1n) is 32.5. The molecule has 6 heterocycles. The van der Waals surface area contributed by atoms with E-state index in [2.05, 4.69) is 40.7 Å². The van der Waals surface area contributed by atoms with Crippen LogP contribution >= 0.6 is 0 Å². The molecule has 3 unspecified atom stereocenters. The standard InChI is InChI=1S/C62H100O30/c1-26-41(87-48-39(74)42(31(69)20-81-48)88-52-45(76)61(79,22-65)24-83-52)43(89-53-46(77)62(80,23-66)25-84-53)40(75)50(85-26)90-44-35(70)30(68)19-82-51(44)92-54(78)60-14-12-55(2,3)16-28(60)27-8-9-34-56(4)17-29(67)47(91-49-38(73)37(72)36(71)32(18-63)86-49)57(5,21-64)33(56)10-11-59(34,7)58(27,6)13-15-60/h8,26,28-53,63-77,79-80H,9-25H2,1-7H3/t26-,28?,29-,30-,31+,32+,33?,34?,35-,36+,37-,38+,39+,40+,41-,42-,43-,44+,45-,46-,47-,48-,49-,50-,51-,52-,53-,56-,57-,58+,59+,60-,61+,62+/m0/s1. The molecule has 6 aliphatic heterocycles. The molecule has 6 saturated heterocycles. The molecule has 0 spiro atoms. The lowest BCUT2D eigenvalue weighted by Crippen LogP contribution is -2.69. The van der Waals surface area contributed by atoms with Crippen LogP contribution in [0.2, 0.25) is 0 Å². The normalized spacial score (nSPS) is 55.1. The van der Waals surface area contributed by atoms with Crippen LogP contribution in [0.5, 0.6) is 0 Å². The van der Waals surface area contributed by atoms with Crippen LogP contribution in [0.15, 0.2) is 11.6 Å². The average molecular weight is 1330 g/mol. The minimum Gasteiger partial charge on any atom is -0.432 e. The zero-order valence-electron chi connectivity index (χ0n) is 53.1. The van der Waals surface area contributed by atoms with Crippen LogP contribution in [-0.4, -0.2) is 304 Å². The lowest BCUT2D eigenvalue weighted by molar-refractivity contribution is -0.383. The Bertz CT molecular complexity index is 2620. The fraction of sp³-hybridized carbons (Fsp3) is 0.952. The smallest absolute Gasteiger partial charge is 0.315 e. The maximum atomic E-state index is 15.6. The van der Waals surface area contributed by atoms with E-state index in [-0.39, 0.29) is 29.6 Å². The quantitative estimate of drug-likeness (QED) is 0.0391. The Morgan fingerprint density at radius 2 is 1.12 bits per heavy atom. The average Bonchev–Trinajstić information content (AvgIpc) is 0.699. The van der Waals surface area contributed by atoms with Gasteiger partial charge >= 0.3 is 5.97 Å². The van der Waals surface area contributed by atoms with Gasteiger partial charge in [0.2, 0.25) is 6.29 Å². The first-order valence-corrected chi connectivity index (χ1v) is 32.5. The maximum absolute atomic E-state index is 15.6. The summed E-state index contributed by atoms with van der Waals surface area (Å²) in [5, 5.41) is 186. The number of fused-ring (bicyclic) bond motifs is 7. The van der Waals surface area contributed by atoms with Crippen molar-refractivity contribution in [3.8, 4) is 0 Å². The molecular formula is C62H100O30. The fourth-order valence-electron chi connectivity index (χ4n) is 18.5. The lowest BCUT2D eigenvalue weighted by atomic mass is 9.33. The second kappa shape index (κ2) is 26.0. The van der Waals surface area contributed by atoms with Crippen molar-refractivity contribution in [2.75, 3.05) is 52.9 Å². The molecule has 0 aromatic carbocycles. The Hall–Kier alpha value is -1.91. The Morgan fingerprint density at radius 3 is 1.74 bits per heavy atom. The van der Waals surface area contributed by atoms with Gasteiger partial charge in [0, 0.05) is 5.41 Å². The summed E-state index contributed by atoms with van der Waals surface area (Å²) in [7, 11) is 0. The summed E-state index contributed by atoms with van der Waals surface area (Å²) in [4.78, 5) is 15.6. The van der Waals surface area contributed by atoms with E-state index in [1.54, 1.807) is 0 Å². The zero-order chi connectivity index (χ0) is 67.0. The first kappa shape index (κ1) is 71.4. The molecule has 11 aliphatic rings. The van der Waals surface area contributed by atoms with E-state index in [9.17, 15) is 86.8 Å². The summed E-state index contributed by atoms with van der Waals surface area (Å²) in [6.07, 6.45) is -32.7. The zero-order valence-corrected chi connectivity index (χ0v) is 53.1. The van der Waals surface area contributed by atoms with Crippen molar-refractivity contribution in [3.63, 3.8) is 0 Å². The lowest BCUT2D eigenvalue weighted by Gasteiger charge is -2.72. The van der Waals surface area contributed by atoms with E-state index >= 15 is 4.79 Å². The number of aliphatic hydroxyl groups excluding tert-OH is 15. The van der Waals surface area contributed by atoms with Crippen LogP contribution in [0.4, 0.5) is 0 Å². The summed E-state index contributed by atoms with van der Waals surface area (Å²) in [5.74, 6) is -1.29. The number of rotatable bonds is 16. The van der Waals surface area contributed by atoms with Crippen LogP contribution in [0.25, 0.3) is 0 Å². The minimum atomic E-state index is -2.22. The van der Waals surface area contributed by atoms with Crippen molar-refractivity contribution in [1.82, 2.24) is 0 Å².